The van der Waals surface area contributed by atoms with Crippen LogP contribution < -0.4 is 10.7 Å². The van der Waals surface area contributed by atoms with Crippen LogP contribution in [0.2, 0.25) is 5.02 Å². The minimum Gasteiger partial charge on any atom is -0.325 e. The predicted molar refractivity (Wildman–Crippen MR) is 109 cm³/mol. The highest BCUT2D eigenvalue weighted by Gasteiger charge is 2.50. The number of piperazine rings is 1. The lowest BCUT2D eigenvalue weighted by molar-refractivity contribution is -0.151. The van der Waals surface area contributed by atoms with Gasteiger partial charge in [-0.15, -0.1) is 0 Å². The van der Waals surface area contributed by atoms with Crippen molar-refractivity contribution >= 4 is 34.9 Å². The minimum absolute atomic E-state index is 0.0244. The van der Waals surface area contributed by atoms with Gasteiger partial charge < -0.3 is 15.1 Å². The van der Waals surface area contributed by atoms with Crippen LogP contribution in [0.1, 0.15) is 44.6 Å². The molecule has 1 aliphatic carbocycles. The molecule has 31 heavy (non-hydrogen) atoms. The van der Waals surface area contributed by atoms with Crippen LogP contribution in [-0.4, -0.2) is 52.2 Å². The highest BCUT2D eigenvalue weighted by Crippen LogP contribution is 2.37. The number of amidine groups is 1. The number of fused-ring (bicyclic) bond motifs is 3. The van der Waals surface area contributed by atoms with Crippen LogP contribution in [0, 0.1) is 0 Å². The third-order valence-electron chi connectivity index (χ3n) is 6.05. The number of benzene rings is 1. The predicted octanol–water partition coefficient (Wildman–Crippen LogP) is 3.41. The number of carbonyl (C=O) groups excluding carboxylic acids is 2. The molecule has 2 N–H and O–H groups in total. The number of halogens is 4. The van der Waals surface area contributed by atoms with Crippen molar-refractivity contribution < 1.29 is 22.8 Å². The maximum absolute atomic E-state index is 13.1. The van der Waals surface area contributed by atoms with E-state index >= 15 is 0 Å². The summed E-state index contributed by atoms with van der Waals surface area (Å²) in [6, 6.07) is 3.11. The van der Waals surface area contributed by atoms with Gasteiger partial charge in [-0.05, 0) is 31.0 Å². The van der Waals surface area contributed by atoms with Gasteiger partial charge >= 0.3 is 6.18 Å². The van der Waals surface area contributed by atoms with Crippen LogP contribution in [0.4, 0.5) is 18.9 Å². The first-order valence-electron chi connectivity index (χ1n) is 10.3. The van der Waals surface area contributed by atoms with E-state index in [0.717, 1.165) is 43.7 Å². The second-order valence-corrected chi connectivity index (χ2v) is 8.35. The van der Waals surface area contributed by atoms with E-state index < -0.39 is 28.8 Å². The van der Waals surface area contributed by atoms with Crippen molar-refractivity contribution in [2.45, 2.75) is 63.5 Å². The third-order valence-corrected chi connectivity index (χ3v) is 6.38. The van der Waals surface area contributed by atoms with Gasteiger partial charge in [0, 0.05) is 12.1 Å². The number of amides is 2. The summed E-state index contributed by atoms with van der Waals surface area (Å²) in [7, 11) is 0. The Morgan fingerprint density at radius 1 is 1.29 bits per heavy atom. The van der Waals surface area contributed by atoms with Gasteiger partial charge in [-0.1, -0.05) is 31.4 Å². The van der Waals surface area contributed by atoms with Gasteiger partial charge in [-0.25, -0.2) is 0 Å². The summed E-state index contributed by atoms with van der Waals surface area (Å²) >= 11 is 5.64. The maximum Gasteiger partial charge on any atom is 0.417 e. The monoisotopic (exact) mass is 457 g/mol. The number of hydrogen-bond donors (Lipinski definition) is 2. The van der Waals surface area contributed by atoms with Crippen LogP contribution in [0.3, 0.4) is 0 Å². The Balaban J connectivity index is 1.51. The SMILES string of the molecule is CCC1=NNC2C(=O)N(CC(=O)Nc3ccc(Cl)c(C(F)(F)F)c3)C3CCCCC3N12. The molecule has 7 nitrogen and oxygen atoms in total. The molecule has 1 saturated carbocycles. The van der Waals surface area contributed by atoms with Gasteiger partial charge in [0.2, 0.25) is 5.91 Å². The highest BCUT2D eigenvalue weighted by molar-refractivity contribution is 6.31. The molecule has 4 rings (SSSR count). The molecule has 0 bridgehead atoms. The normalized spacial score (nSPS) is 25.5. The molecule has 11 heteroatoms. The van der Waals surface area contributed by atoms with Crippen molar-refractivity contribution in [2.75, 3.05) is 11.9 Å². The molecular weight excluding hydrogens is 435 g/mol. The van der Waals surface area contributed by atoms with Crippen LogP contribution in [0.25, 0.3) is 0 Å². The zero-order valence-corrected chi connectivity index (χ0v) is 17.6. The molecule has 2 heterocycles. The molecule has 2 fully saturated rings. The molecule has 168 valence electrons. The molecule has 1 saturated heterocycles. The maximum atomic E-state index is 13.1. The molecule has 3 aliphatic rings. The van der Waals surface area contributed by atoms with Crippen LogP contribution in [0.15, 0.2) is 23.3 Å². The van der Waals surface area contributed by atoms with Crippen molar-refractivity contribution in [3.8, 4) is 0 Å². The number of carbonyl (C=O) groups is 2. The molecule has 0 spiro atoms. The van der Waals surface area contributed by atoms with E-state index in [1.165, 1.54) is 6.07 Å². The average Bonchev–Trinajstić information content (AvgIpc) is 3.16. The lowest BCUT2D eigenvalue weighted by atomic mass is 9.85. The number of nitrogens with zero attached hydrogens (tertiary/aromatic N) is 3. The fraction of sp³-hybridized carbons (Fsp3) is 0.550. The second-order valence-electron chi connectivity index (χ2n) is 7.95. The largest absolute Gasteiger partial charge is 0.417 e. The molecule has 3 atom stereocenters. The van der Waals surface area contributed by atoms with Crippen molar-refractivity contribution in [2.24, 2.45) is 5.10 Å². The molecule has 2 aliphatic heterocycles. The Labute approximate surface area is 182 Å². The number of hydrazone groups is 1. The Morgan fingerprint density at radius 2 is 2.00 bits per heavy atom. The van der Waals surface area contributed by atoms with E-state index in [1.807, 2.05) is 11.8 Å². The van der Waals surface area contributed by atoms with E-state index in [1.54, 1.807) is 4.90 Å². The average molecular weight is 458 g/mol. The van der Waals surface area contributed by atoms with Gasteiger partial charge in [0.05, 0.1) is 22.7 Å². The van der Waals surface area contributed by atoms with E-state index in [2.05, 4.69) is 15.8 Å². The first-order chi connectivity index (χ1) is 14.7. The number of alkyl halides is 3. The Hall–Kier alpha value is -2.49. The molecule has 2 amide bonds. The van der Waals surface area contributed by atoms with Crippen LogP contribution >= 0.6 is 11.6 Å². The van der Waals surface area contributed by atoms with Gasteiger partial charge in [0.1, 0.15) is 12.4 Å². The Morgan fingerprint density at radius 3 is 2.68 bits per heavy atom. The van der Waals surface area contributed by atoms with Crippen LogP contribution in [-0.2, 0) is 15.8 Å². The smallest absolute Gasteiger partial charge is 0.325 e. The quantitative estimate of drug-likeness (QED) is 0.726. The first-order valence-corrected chi connectivity index (χ1v) is 10.7. The fourth-order valence-corrected chi connectivity index (χ4v) is 4.92. The van der Waals surface area contributed by atoms with Gasteiger partial charge in [-0.2, -0.15) is 18.3 Å². The number of anilines is 1. The summed E-state index contributed by atoms with van der Waals surface area (Å²) in [5.74, 6) is 0.0222. The lowest BCUT2D eigenvalue weighted by Gasteiger charge is -2.51. The number of hydrogen-bond acceptors (Lipinski definition) is 5. The Bertz CT molecular complexity index is 923. The number of rotatable bonds is 4. The highest BCUT2D eigenvalue weighted by atomic mass is 35.5. The van der Waals surface area contributed by atoms with E-state index in [-0.39, 0.29) is 30.2 Å². The van der Waals surface area contributed by atoms with Crippen molar-refractivity contribution in [3.63, 3.8) is 0 Å². The van der Waals surface area contributed by atoms with Crippen molar-refractivity contribution in [1.82, 2.24) is 15.2 Å². The zero-order chi connectivity index (χ0) is 22.3. The lowest BCUT2D eigenvalue weighted by Crippen LogP contribution is -2.69. The minimum atomic E-state index is -4.63. The van der Waals surface area contributed by atoms with E-state index in [9.17, 15) is 22.8 Å². The molecule has 0 radical (unpaired) electrons. The van der Waals surface area contributed by atoms with E-state index in [4.69, 9.17) is 11.6 Å². The standard InChI is InChI=1S/C20H23ClF3N5O2/c1-2-16-26-27-18-19(31)28(14-5-3-4-6-15(14)29(16)18)10-17(30)25-11-7-8-13(21)12(9-11)20(22,23)24/h7-9,14-15,18,27H,2-6,10H2,1H3,(H,25,30). The van der Waals surface area contributed by atoms with E-state index in [0.29, 0.717) is 6.42 Å². The van der Waals surface area contributed by atoms with Crippen molar-refractivity contribution in [1.29, 1.82) is 0 Å². The summed E-state index contributed by atoms with van der Waals surface area (Å²) in [5.41, 5.74) is 1.83. The molecule has 1 aromatic carbocycles. The summed E-state index contributed by atoms with van der Waals surface area (Å²) in [4.78, 5) is 29.4. The molecular formula is C20H23ClF3N5O2. The molecule has 0 aromatic heterocycles. The molecule has 3 unspecified atom stereocenters. The Kier molecular flexibility index (Phi) is 5.76. The second kappa shape index (κ2) is 8.22. The summed E-state index contributed by atoms with van der Waals surface area (Å²) in [5, 5.41) is 6.31. The topological polar surface area (TPSA) is 77.0 Å². The van der Waals surface area contributed by atoms with Crippen LogP contribution in [0.5, 0.6) is 0 Å². The first kappa shape index (κ1) is 21.7. The van der Waals surface area contributed by atoms with Gasteiger partial charge in [-0.3, -0.25) is 15.0 Å². The van der Waals surface area contributed by atoms with Gasteiger partial charge in [0.25, 0.3) is 5.91 Å². The molecule has 1 aromatic rings. The fourth-order valence-electron chi connectivity index (χ4n) is 4.69. The summed E-state index contributed by atoms with van der Waals surface area (Å²) < 4.78 is 39.3. The van der Waals surface area contributed by atoms with Gasteiger partial charge in [0.15, 0.2) is 6.17 Å². The number of nitrogens with one attached hydrogen (secondary N) is 2. The zero-order valence-electron chi connectivity index (χ0n) is 16.9. The third kappa shape index (κ3) is 4.05. The summed E-state index contributed by atoms with van der Waals surface area (Å²) in [6.45, 7) is 1.74. The summed E-state index contributed by atoms with van der Waals surface area (Å²) in [6.07, 6.45) is -0.954. The van der Waals surface area contributed by atoms with Crippen molar-refractivity contribution in [3.05, 3.63) is 28.8 Å².